The number of hydrogen-bond donors (Lipinski definition) is 3. The van der Waals surface area contributed by atoms with E-state index in [1.54, 1.807) is 12.1 Å². The van der Waals surface area contributed by atoms with Crippen molar-refractivity contribution in [3.63, 3.8) is 0 Å². The lowest BCUT2D eigenvalue weighted by molar-refractivity contribution is 0.0696. The van der Waals surface area contributed by atoms with Crippen LogP contribution < -0.4 is 10.7 Å². The second-order valence-electron chi connectivity index (χ2n) is 7.21. The van der Waals surface area contributed by atoms with Crippen LogP contribution in [0.2, 0.25) is 0 Å². The van der Waals surface area contributed by atoms with Crippen LogP contribution in [-0.4, -0.2) is 35.2 Å². The maximum Gasteiger partial charge on any atom is 0.336 e. The average molecular weight is 430 g/mol. The Morgan fingerprint density at radius 1 is 0.938 bits per heavy atom. The van der Waals surface area contributed by atoms with Gasteiger partial charge in [-0.15, -0.1) is 0 Å². The number of anilines is 1. The van der Waals surface area contributed by atoms with Gasteiger partial charge in [-0.2, -0.15) is 0 Å². The number of carboxylic acids is 2. The van der Waals surface area contributed by atoms with Gasteiger partial charge in [0.1, 0.15) is 11.3 Å². The van der Waals surface area contributed by atoms with E-state index in [1.165, 1.54) is 18.2 Å². The predicted molar refractivity (Wildman–Crippen MR) is 122 cm³/mol. The zero-order chi connectivity index (χ0) is 22.8. The maximum atomic E-state index is 12.1. The minimum atomic E-state index is -1.20. The smallest absolute Gasteiger partial charge is 0.336 e. The number of benzene rings is 3. The molecule has 1 heterocycles. The van der Waals surface area contributed by atoms with E-state index in [0.717, 1.165) is 17.6 Å². The van der Waals surface area contributed by atoms with Gasteiger partial charge in [-0.1, -0.05) is 6.07 Å². The van der Waals surface area contributed by atoms with Crippen LogP contribution in [0.1, 0.15) is 34.6 Å². The highest BCUT2D eigenvalue weighted by molar-refractivity contribution is 6.13. The molecule has 0 bridgehead atoms. The van der Waals surface area contributed by atoms with Crippen molar-refractivity contribution in [2.24, 2.45) is 4.99 Å². The summed E-state index contributed by atoms with van der Waals surface area (Å²) in [6.45, 7) is 5.23. The van der Waals surface area contributed by atoms with Crippen LogP contribution in [0.3, 0.4) is 0 Å². The minimum Gasteiger partial charge on any atom is -0.478 e. The predicted octanol–water partition coefficient (Wildman–Crippen LogP) is 4.95. The molecule has 0 atom stereocenters. The van der Waals surface area contributed by atoms with Gasteiger partial charge < -0.3 is 19.9 Å². The van der Waals surface area contributed by atoms with Crippen LogP contribution in [0, 0.1) is 0 Å². The lowest BCUT2D eigenvalue weighted by atomic mass is 9.87. The molecule has 0 spiro atoms. The highest BCUT2D eigenvalue weighted by Gasteiger charge is 2.26. The molecule has 162 valence electrons. The summed E-state index contributed by atoms with van der Waals surface area (Å²) >= 11 is 0. The Morgan fingerprint density at radius 2 is 1.66 bits per heavy atom. The highest BCUT2D eigenvalue weighted by atomic mass is 16.4. The third-order valence-electron chi connectivity index (χ3n) is 5.20. The molecule has 0 saturated heterocycles. The van der Waals surface area contributed by atoms with Crippen LogP contribution in [0.25, 0.3) is 33.4 Å². The van der Waals surface area contributed by atoms with Gasteiger partial charge in [0.2, 0.25) is 0 Å². The molecule has 0 unspecified atom stereocenters. The molecule has 1 aliphatic heterocycles. The van der Waals surface area contributed by atoms with Crippen LogP contribution in [0.5, 0.6) is 0 Å². The summed E-state index contributed by atoms with van der Waals surface area (Å²) in [5.74, 6) is -1.91. The summed E-state index contributed by atoms with van der Waals surface area (Å²) in [7, 11) is 0. The topological polar surface area (TPSA) is 112 Å². The Hall–Kier alpha value is -4.13. The molecule has 2 aromatic carbocycles. The van der Waals surface area contributed by atoms with E-state index in [1.807, 2.05) is 38.1 Å². The van der Waals surface area contributed by atoms with E-state index in [4.69, 9.17) is 4.42 Å². The van der Waals surface area contributed by atoms with E-state index >= 15 is 0 Å². The van der Waals surface area contributed by atoms with E-state index in [-0.39, 0.29) is 16.7 Å². The Morgan fingerprint density at radius 3 is 2.28 bits per heavy atom. The standard InChI is InChI=1S/C25H22N2O5/c1-3-26-14-8-10-16-20(12-14)32-21-13-15(27-4-2)9-11-17(21)22(16)23-18(24(28)29)6-5-7-19(23)25(30)31/h5-13,26H,3-4H2,1-2H3,(H,28,29)(H,30,31). The number of carbonyl (C=O) groups is 2. The number of hydrogen-bond acceptors (Lipinski definition) is 5. The van der Waals surface area contributed by atoms with Crippen molar-refractivity contribution in [1.29, 1.82) is 0 Å². The third-order valence-corrected chi connectivity index (χ3v) is 5.20. The van der Waals surface area contributed by atoms with Crippen molar-refractivity contribution < 1.29 is 24.2 Å². The molecule has 0 fully saturated rings. The summed E-state index contributed by atoms with van der Waals surface area (Å²) < 4.78 is 6.19. The summed E-state index contributed by atoms with van der Waals surface area (Å²) in [4.78, 5) is 28.6. The Bertz CT molecular complexity index is 1350. The van der Waals surface area contributed by atoms with Crippen molar-refractivity contribution in [2.45, 2.75) is 13.8 Å². The molecule has 7 heteroatoms. The van der Waals surface area contributed by atoms with Gasteiger partial charge in [-0.05, 0) is 50.2 Å². The summed E-state index contributed by atoms with van der Waals surface area (Å²) in [5.41, 5.74) is 2.44. The fourth-order valence-corrected chi connectivity index (χ4v) is 3.92. The van der Waals surface area contributed by atoms with E-state index in [9.17, 15) is 19.8 Å². The molecule has 1 aliphatic carbocycles. The maximum absolute atomic E-state index is 12.1. The van der Waals surface area contributed by atoms with Crippen LogP contribution >= 0.6 is 0 Å². The Labute approximate surface area is 184 Å². The van der Waals surface area contributed by atoms with Crippen molar-refractivity contribution in [3.05, 3.63) is 71.1 Å². The van der Waals surface area contributed by atoms with E-state index in [2.05, 4.69) is 10.3 Å². The fourth-order valence-electron chi connectivity index (χ4n) is 3.92. The number of rotatable bonds is 6. The molecule has 2 aliphatic rings. The first kappa shape index (κ1) is 21.1. The molecule has 0 radical (unpaired) electrons. The van der Waals surface area contributed by atoms with Gasteiger partial charge in [0, 0.05) is 53.0 Å². The molecule has 3 N–H and O–H groups in total. The first-order chi connectivity index (χ1) is 15.4. The summed E-state index contributed by atoms with van der Waals surface area (Å²) in [5, 5.41) is 24.3. The number of carboxylic acid groups (broad SMARTS) is 2. The van der Waals surface area contributed by atoms with Gasteiger partial charge in [0.15, 0.2) is 0 Å². The van der Waals surface area contributed by atoms with E-state index in [0.29, 0.717) is 34.4 Å². The molecule has 0 aromatic heterocycles. The zero-order valence-corrected chi connectivity index (χ0v) is 17.7. The van der Waals surface area contributed by atoms with Gasteiger partial charge in [0.25, 0.3) is 0 Å². The quantitative estimate of drug-likeness (QED) is 0.373. The zero-order valence-electron chi connectivity index (χ0n) is 17.7. The molecule has 7 nitrogen and oxygen atoms in total. The van der Waals surface area contributed by atoms with Crippen LogP contribution in [-0.2, 0) is 0 Å². The van der Waals surface area contributed by atoms with Gasteiger partial charge >= 0.3 is 11.9 Å². The molecular weight excluding hydrogens is 408 g/mol. The van der Waals surface area contributed by atoms with Gasteiger partial charge in [-0.25, -0.2) is 9.59 Å². The Kier molecular flexibility index (Phi) is 5.64. The second-order valence-corrected chi connectivity index (χ2v) is 7.21. The molecular formula is C25H22N2O5. The number of nitrogens with zero attached hydrogens (tertiary/aromatic N) is 1. The minimum absolute atomic E-state index is 0.0863. The largest absolute Gasteiger partial charge is 0.478 e. The summed E-state index contributed by atoms with van der Waals surface area (Å²) in [6.07, 6.45) is 0. The van der Waals surface area contributed by atoms with Crippen LogP contribution in [0.4, 0.5) is 5.69 Å². The van der Waals surface area contributed by atoms with Crippen LogP contribution in [0.15, 0.2) is 64.0 Å². The van der Waals surface area contributed by atoms with Crippen molar-refractivity contribution >= 4 is 28.6 Å². The molecule has 0 amide bonds. The van der Waals surface area contributed by atoms with Crippen molar-refractivity contribution in [3.8, 4) is 22.5 Å². The lowest BCUT2D eigenvalue weighted by Crippen LogP contribution is -2.09. The molecule has 2 aromatic rings. The van der Waals surface area contributed by atoms with Gasteiger partial charge in [0.05, 0.1) is 16.5 Å². The number of nitrogens with one attached hydrogen (secondary N) is 1. The second kappa shape index (κ2) is 8.55. The molecule has 0 saturated carbocycles. The Balaban J connectivity index is 2.20. The third kappa shape index (κ3) is 3.69. The highest BCUT2D eigenvalue weighted by Crippen LogP contribution is 2.43. The van der Waals surface area contributed by atoms with Gasteiger partial charge in [-0.3, -0.25) is 4.99 Å². The summed E-state index contributed by atoms with van der Waals surface area (Å²) in [6, 6.07) is 15.2. The molecule has 4 rings (SSSR count). The van der Waals surface area contributed by atoms with E-state index < -0.39 is 11.9 Å². The monoisotopic (exact) mass is 430 g/mol. The fraction of sp³-hybridized carbons (Fsp3) is 0.160. The number of aromatic carboxylic acids is 2. The van der Waals surface area contributed by atoms with Crippen molar-refractivity contribution in [1.82, 2.24) is 0 Å². The SMILES string of the molecule is CCN=c1ccc2c(-c3c(C(=O)O)cccc3C(=O)O)c3ccc(NCC)cc3oc-2c1. The molecule has 32 heavy (non-hydrogen) atoms. The van der Waals surface area contributed by atoms with Crippen molar-refractivity contribution in [2.75, 3.05) is 18.4 Å². The first-order valence-corrected chi connectivity index (χ1v) is 10.3. The lowest BCUT2D eigenvalue weighted by Gasteiger charge is -2.19. The first-order valence-electron chi connectivity index (χ1n) is 10.3. The number of fused-ring (bicyclic) bond motifs is 2. The average Bonchev–Trinajstić information content (AvgIpc) is 2.77. The normalized spacial score (nSPS) is 11.8.